The molecule has 5 nitrogen and oxygen atoms in total. The molecule has 5 heteroatoms. The molecule has 0 bridgehead atoms. The van der Waals surface area contributed by atoms with E-state index in [9.17, 15) is 0 Å². The molecule has 24 heavy (non-hydrogen) atoms. The van der Waals surface area contributed by atoms with Crippen LogP contribution in [0.5, 0.6) is 5.75 Å². The second-order valence-electron chi connectivity index (χ2n) is 5.81. The zero-order valence-corrected chi connectivity index (χ0v) is 14.9. The summed E-state index contributed by atoms with van der Waals surface area (Å²) in [6.45, 7) is 5.87. The van der Waals surface area contributed by atoms with E-state index in [-0.39, 0.29) is 0 Å². The zero-order chi connectivity index (χ0) is 17.2. The van der Waals surface area contributed by atoms with Crippen LogP contribution in [0.1, 0.15) is 37.6 Å². The van der Waals surface area contributed by atoms with Crippen LogP contribution in [-0.4, -0.2) is 30.2 Å². The fourth-order valence-corrected chi connectivity index (χ4v) is 2.58. The molecular formula is C19H28N4O. The molecule has 0 radical (unpaired) electrons. The Kier molecular flexibility index (Phi) is 7.33. The van der Waals surface area contributed by atoms with Crippen molar-refractivity contribution in [3.05, 3.63) is 41.7 Å². The minimum Gasteiger partial charge on any atom is -0.496 e. The van der Waals surface area contributed by atoms with E-state index in [2.05, 4.69) is 33.6 Å². The molecule has 0 unspecified atom stereocenters. The average molecular weight is 328 g/mol. The smallest absolute Gasteiger partial charge is 0.131 e. The van der Waals surface area contributed by atoms with E-state index in [4.69, 9.17) is 4.74 Å². The number of rotatable bonds is 10. The van der Waals surface area contributed by atoms with Gasteiger partial charge in [0.15, 0.2) is 0 Å². The number of anilines is 2. The Morgan fingerprint density at radius 3 is 2.42 bits per heavy atom. The molecule has 1 heterocycles. The summed E-state index contributed by atoms with van der Waals surface area (Å²) < 4.78 is 5.39. The minimum atomic E-state index is 0.773. The van der Waals surface area contributed by atoms with Gasteiger partial charge in [-0.1, -0.05) is 38.0 Å². The average Bonchev–Trinajstić information content (AvgIpc) is 2.59. The highest BCUT2D eigenvalue weighted by molar-refractivity contribution is 5.47. The molecule has 0 aliphatic carbocycles. The van der Waals surface area contributed by atoms with Gasteiger partial charge in [-0.15, -0.1) is 0 Å². The number of ether oxygens (including phenoxy) is 1. The summed E-state index contributed by atoms with van der Waals surface area (Å²) in [5.74, 6) is 3.44. The second kappa shape index (κ2) is 9.75. The molecule has 0 spiro atoms. The first-order valence-electron chi connectivity index (χ1n) is 8.68. The van der Waals surface area contributed by atoms with Crippen LogP contribution in [-0.2, 0) is 6.42 Å². The standard InChI is InChI=1S/C19H28N4O/c1-4-5-8-12-20-18-14-19(23-15(2)22-18)21-13-11-16-9-6-7-10-17(16)24-3/h6-7,9-10,14H,4-5,8,11-13H2,1-3H3,(H2,20,21,22,23). The van der Waals surface area contributed by atoms with Crippen molar-refractivity contribution < 1.29 is 4.74 Å². The maximum absolute atomic E-state index is 5.39. The highest BCUT2D eigenvalue weighted by atomic mass is 16.5. The van der Waals surface area contributed by atoms with Crippen molar-refractivity contribution in [3.8, 4) is 5.75 Å². The van der Waals surface area contributed by atoms with E-state index < -0.39 is 0 Å². The maximum atomic E-state index is 5.39. The molecule has 1 aromatic heterocycles. The first kappa shape index (κ1) is 18.0. The Labute approximate surface area is 144 Å². The number of unbranched alkanes of at least 4 members (excludes halogenated alkanes) is 2. The fraction of sp³-hybridized carbons (Fsp3) is 0.474. The van der Waals surface area contributed by atoms with Crippen LogP contribution in [0, 0.1) is 6.92 Å². The number of methoxy groups -OCH3 is 1. The topological polar surface area (TPSA) is 59.1 Å². The van der Waals surface area contributed by atoms with Crippen molar-refractivity contribution >= 4 is 11.6 Å². The Hall–Kier alpha value is -2.30. The number of hydrogen-bond acceptors (Lipinski definition) is 5. The third-order valence-electron chi connectivity index (χ3n) is 3.82. The number of para-hydroxylation sites is 1. The van der Waals surface area contributed by atoms with Gasteiger partial charge in [-0.05, 0) is 31.4 Å². The van der Waals surface area contributed by atoms with Gasteiger partial charge in [-0.2, -0.15) is 0 Å². The third-order valence-corrected chi connectivity index (χ3v) is 3.82. The van der Waals surface area contributed by atoms with Crippen LogP contribution in [0.3, 0.4) is 0 Å². The van der Waals surface area contributed by atoms with Crippen LogP contribution in [0.2, 0.25) is 0 Å². The Bertz CT molecular complexity index is 631. The summed E-state index contributed by atoms with van der Waals surface area (Å²) in [5.41, 5.74) is 1.19. The highest BCUT2D eigenvalue weighted by Crippen LogP contribution is 2.18. The maximum Gasteiger partial charge on any atom is 0.131 e. The summed E-state index contributed by atoms with van der Waals surface area (Å²) in [6.07, 6.45) is 4.50. The van der Waals surface area contributed by atoms with Gasteiger partial charge >= 0.3 is 0 Å². The highest BCUT2D eigenvalue weighted by Gasteiger charge is 2.04. The number of aromatic nitrogens is 2. The van der Waals surface area contributed by atoms with Crippen LogP contribution >= 0.6 is 0 Å². The van der Waals surface area contributed by atoms with Gasteiger partial charge in [-0.25, -0.2) is 9.97 Å². The molecule has 0 fully saturated rings. The van der Waals surface area contributed by atoms with Crippen molar-refractivity contribution in [2.45, 2.75) is 39.5 Å². The molecule has 0 aliphatic rings. The van der Waals surface area contributed by atoms with Crippen LogP contribution in [0.25, 0.3) is 0 Å². The monoisotopic (exact) mass is 328 g/mol. The Balaban J connectivity index is 1.88. The van der Waals surface area contributed by atoms with E-state index in [1.807, 2.05) is 31.2 Å². The van der Waals surface area contributed by atoms with E-state index in [1.165, 1.54) is 18.4 Å². The molecule has 130 valence electrons. The SMILES string of the molecule is CCCCCNc1cc(NCCc2ccccc2OC)nc(C)n1. The number of nitrogens with zero attached hydrogens (tertiary/aromatic N) is 2. The first-order chi connectivity index (χ1) is 11.7. The largest absolute Gasteiger partial charge is 0.496 e. The molecule has 2 aromatic rings. The molecular weight excluding hydrogens is 300 g/mol. The Morgan fingerprint density at radius 1 is 1.00 bits per heavy atom. The van der Waals surface area contributed by atoms with Crippen LogP contribution in [0.4, 0.5) is 11.6 Å². The lowest BCUT2D eigenvalue weighted by Crippen LogP contribution is -2.10. The number of benzene rings is 1. The normalized spacial score (nSPS) is 10.5. The lowest BCUT2D eigenvalue weighted by Gasteiger charge is -2.11. The first-order valence-corrected chi connectivity index (χ1v) is 8.68. The molecule has 2 N–H and O–H groups in total. The van der Waals surface area contributed by atoms with E-state index in [1.54, 1.807) is 7.11 Å². The van der Waals surface area contributed by atoms with Crippen LogP contribution in [0.15, 0.2) is 30.3 Å². The van der Waals surface area contributed by atoms with Gasteiger partial charge in [-0.3, -0.25) is 0 Å². The summed E-state index contributed by atoms with van der Waals surface area (Å²) in [4.78, 5) is 8.90. The molecule has 2 rings (SSSR count). The molecule has 0 amide bonds. The number of nitrogens with one attached hydrogen (secondary N) is 2. The van der Waals surface area contributed by atoms with Gasteiger partial charge in [0.25, 0.3) is 0 Å². The Morgan fingerprint density at radius 2 is 1.71 bits per heavy atom. The summed E-state index contributed by atoms with van der Waals surface area (Å²) in [5, 5.41) is 6.76. The molecule has 0 saturated carbocycles. The summed E-state index contributed by atoms with van der Waals surface area (Å²) in [6, 6.07) is 10.1. The van der Waals surface area contributed by atoms with E-state index in [0.717, 1.165) is 49.1 Å². The molecule has 0 aliphatic heterocycles. The molecule has 1 aromatic carbocycles. The number of hydrogen-bond donors (Lipinski definition) is 2. The van der Waals surface area contributed by atoms with Crippen molar-refractivity contribution in [1.29, 1.82) is 0 Å². The van der Waals surface area contributed by atoms with Crippen molar-refractivity contribution in [2.75, 3.05) is 30.8 Å². The van der Waals surface area contributed by atoms with Gasteiger partial charge < -0.3 is 15.4 Å². The second-order valence-corrected chi connectivity index (χ2v) is 5.81. The van der Waals surface area contributed by atoms with Gasteiger partial charge in [0, 0.05) is 19.2 Å². The molecule has 0 atom stereocenters. The lowest BCUT2D eigenvalue weighted by atomic mass is 10.1. The van der Waals surface area contributed by atoms with Gasteiger partial charge in [0.05, 0.1) is 7.11 Å². The molecule has 0 saturated heterocycles. The predicted octanol–water partition coefficient (Wildman–Crippen LogP) is 4.05. The quantitative estimate of drug-likeness (QED) is 0.644. The van der Waals surface area contributed by atoms with Gasteiger partial charge in [0.2, 0.25) is 0 Å². The number of aryl methyl sites for hydroxylation is 1. The zero-order valence-electron chi connectivity index (χ0n) is 14.9. The lowest BCUT2D eigenvalue weighted by molar-refractivity contribution is 0.410. The van der Waals surface area contributed by atoms with Crippen molar-refractivity contribution in [2.24, 2.45) is 0 Å². The van der Waals surface area contributed by atoms with Crippen molar-refractivity contribution in [1.82, 2.24) is 9.97 Å². The minimum absolute atomic E-state index is 0.773. The summed E-state index contributed by atoms with van der Waals surface area (Å²) >= 11 is 0. The van der Waals surface area contributed by atoms with Crippen molar-refractivity contribution in [3.63, 3.8) is 0 Å². The summed E-state index contributed by atoms with van der Waals surface area (Å²) in [7, 11) is 1.70. The van der Waals surface area contributed by atoms with E-state index in [0.29, 0.717) is 0 Å². The van der Waals surface area contributed by atoms with Gasteiger partial charge in [0.1, 0.15) is 23.2 Å². The predicted molar refractivity (Wildman–Crippen MR) is 100.0 cm³/mol. The third kappa shape index (κ3) is 5.72. The van der Waals surface area contributed by atoms with Crippen LogP contribution < -0.4 is 15.4 Å². The fourth-order valence-electron chi connectivity index (χ4n) is 2.58. The van der Waals surface area contributed by atoms with E-state index >= 15 is 0 Å².